The summed E-state index contributed by atoms with van der Waals surface area (Å²) in [5.74, 6) is -0.0918. The van der Waals surface area contributed by atoms with E-state index in [4.69, 9.17) is 5.11 Å². The van der Waals surface area contributed by atoms with Crippen molar-refractivity contribution in [3.8, 4) is 0 Å². The molecule has 0 aromatic carbocycles. The second-order valence-electron chi connectivity index (χ2n) is 2.18. The Kier molecular flexibility index (Phi) is 1.68. The summed E-state index contributed by atoms with van der Waals surface area (Å²) >= 11 is 3.95. The first-order valence-electron chi connectivity index (χ1n) is 2.75. The lowest BCUT2D eigenvalue weighted by molar-refractivity contribution is -0.130. The molecule has 3 nitrogen and oxygen atoms in total. The number of rotatable bonds is 0. The summed E-state index contributed by atoms with van der Waals surface area (Å²) in [6.45, 7) is 0. The van der Waals surface area contributed by atoms with E-state index in [9.17, 15) is 4.79 Å². The molecule has 1 heterocycles. The van der Waals surface area contributed by atoms with Gasteiger partial charge in [-0.2, -0.15) is 12.6 Å². The minimum Gasteiger partial charge on any atom is -0.373 e. The van der Waals surface area contributed by atoms with Crippen LogP contribution >= 0.6 is 12.6 Å². The Morgan fingerprint density at radius 2 is 2.44 bits per heavy atom. The maximum Gasteiger partial charge on any atom is 0.237 e. The zero-order chi connectivity index (χ0) is 7.02. The zero-order valence-electron chi connectivity index (χ0n) is 5.11. The van der Waals surface area contributed by atoms with Crippen LogP contribution in [0.15, 0.2) is 0 Å². The molecule has 1 aliphatic rings. The first-order chi connectivity index (χ1) is 4.13. The second-order valence-corrected chi connectivity index (χ2v) is 2.80. The summed E-state index contributed by atoms with van der Waals surface area (Å²) in [4.78, 5) is 12.1. The summed E-state index contributed by atoms with van der Waals surface area (Å²) in [7, 11) is 1.57. The summed E-state index contributed by atoms with van der Waals surface area (Å²) in [6, 6.07) is 0. The molecule has 1 fully saturated rings. The van der Waals surface area contributed by atoms with Crippen molar-refractivity contribution in [2.24, 2.45) is 0 Å². The first kappa shape index (κ1) is 6.89. The summed E-state index contributed by atoms with van der Waals surface area (Å²) in [5.41, 5.74) is 0. The molecule has 4 heteroatoms. The van der Waals surface area contributed by atoms with Gasteiger partial charge in [-0.1, -0.05) is 0 Å². The normalized spacial score (nSPS) is 35.9. The number of hydrogen-bond acceptors (Lipinski definition) is 3. The van der Waals surface area contributed by atoms with Crippen LogP contribution in [0.3, 0.4) is 0 Å². The molecule has 0 aromatic heterocycles. The highest BCUT2D eigenvalue weighted by Gasteiger charge is 2.33. The lowest BCUT2D eigenvalue weighted by atomic mass is 10.3. The van der Waals surface area contributed by atoms with E-state index >= 15 is 0 Å². The standard InChI is InChI=1S/C5H9NO2S/c1-6-4(7)2-3(9)5(6)8/h3-4,7,9H,2H2,1H3. The first-order valence-corrected chi connectivity index (χ1v) is 3.27. The lowest BCUT2D eigenvalue weighted by Crippen LogP contribution is -2.29. The van der Waals surface area contributed by atoms with Crippen LogP contribution in [0.5, 0.6) is 0 Å². The molecule has 9 heavy (non-hydrogen) atoms. The molecule has 1 aliphatic heterocycles. The number of amides is 1. The van der Waals surface area contributed by atoms with E-state index in [2.05, 4.69) is 12.6 Å². The Hall–Kier alpha value is -0.220. The van der Waals surface area contributed by atoms with Gasteiger partial charge in [0.2, 0.25) is 5.91 Å². The van der Waals surface area contributed by atoms with Crippen LogP contribution in [0.25, 0.3) is 0 Å². The van der Waals surface area contributed by atoms with Crippen molar-refractivity contribution in [2.45, 2.75) is 17.9 Å². The van der Waals surface area contributed by atoms with E-state index in [0.29, 0.717) is 6.42 Å². The van der Waals surface area contributed by atoms with Crippen molar-refractivity contribution in [3.05, 3.63) is 0 Å². The molecular formula is C5H9NO2S. The highest BCUT2D eigenvalue weighted by atomic mass is 32.1. The average molecular weight is 147 g/mol. The van der Waals surface area contributed by atoms with Gasteiger partial charge in [-0.25, -0.2) is 0 Å². The predicted molar refractivity (Wildman–Crippen MR) is 36.2 cm³/mol. The average Bonchev–Trinajstić information content (AvgIpc) is 1.98. The molecule has 1 rings (SSSR count). The van der Waals surface area contributed by atoms with E-state index in [-0.39, 0.29) is 11.2 Å². The fourth-order valence-corrected chi connectivity index (χ4v) is 1.21. The SMILES string of the molecule is CN1C(=O)C(S)CC1O. The summed E-state index contributed by atoms with van der Waals surface area (Å²) in [6.07, 6.45) is -0.182. The van der Waals surface area contributed by atoms with Crippen molar-refractivity contribution >= 4 is 18.5 Å². The van der Waals surface area contributed by atoms with Crippen LogP contribution in [0.1, 0.15) is 6.42 Å². The predicted octanol–water partition coefficient (Wildman–Crippen LogP) is -0.535. The Balaban J connectivity index is 2.65. The number of aliphatic hydroxyl groups is 1. The third-order valence-electron chi connectivity index (χ3n) is 1.51. The largest absolute Gasteiger partial charge is 0.373 e. The fourth-order valence-electron chi connectivity index (χ4n) is 0.841. The Morgan fingerprint density at radius 1 is 1.89 bits per heavy atom. The topological polar surface area (TPSA) is 40.5 Å². The zero-order valence-corrected chi connectivity index (χ0v) is 6.01. The van der Waals surface area contributed by atoms with E-state index in [0.717, 1.165) is 0 Å². The highest BCUT2D eigenvalue weighted by molar-refractivity contribution is 7.81. The van der Waals surface area contributed by atoms with E-state index in [1.807, 2.05) is 0 Å². The minimum atomic E-state index is -0.625. The van der Waals surface area contributed by atoms with Crippen LogP contribution in [0.4, 0.5) is 0 Å². The van der Waals surface area contributed by atoms with Crippen LogP contribution in [0, 0.1) is 0 Å². The van der Waals surface area contributed by atoms with Crippen molar-refractivity contribution < 1.29 is 9.90 Å². The molecule has 0 aliphatic carbocycles. The molecule has 0 spiro atoms. The molecule has 0 saturated carbocycles. The molecule has 2 atom stereocenters. The van der Waals surface area contributed by atoms with Crippen LogP contribution in [0.2, 0.25) is 0 Å². The van der Waals surface area contributed by atoms with E-state index in [1.165, 1.54) is 4.90 Å². The number of aliphatic hydroxyl groups excluding tert-OH is 1. The number of carbonyl (C=O) groups is 1. The van der Waals surface area contributed by atoms with Crippen LogP contribution in [-0.2, 0) is 4.79 Å². The molecule has 1 N–H and O–H groups in total. The third kappa shape index (κ3) is 1.04. The summed E-state index contributed by atoms with van der Waals surface area (Å²) in [5, 5.41) is 8.69. The second kappa shape index (κ2) is 2.19. The maximum atomic E-state index is 10.8. The molecule has 0 radical (unpaired) electrons. The van der Waals surface area contributed by atoms with Gasteiger partial charge in [0.1, 0.15) is 6.23 Å². The lowest BCUT2D eigenvalue weighted by Gasteiger charge is -2.11. The number of hydrogen-bond donors (Lipinski definition) is 2. The third-order valence-corrected chi connectivity index (χ3v) is 1.95. The van der Waals surface area contributed by atoms with Crippen LogP contribution < -0.4 is 0 Å². The Labute approximate surface area is 59.1 Å². The summed E-state index contributed by atoms with van der Waals surface area (Å²) < 4.78 is 0. The fraction of sp³-hybridized carbons (Fsp3) is 0.800. The van der Waals surface area contributed by atoms with Gasteiger partial charge in [-0.15, -0.1) is 0 Å². The van der Waals surface area contributed by atoms with Crippen LogP contribution in [-0.4, -0.2) is 34.4 Å². The monoisotopic (exact) mass is 147 g/mol. The van der Waals surface area contributed by atoms with Gasteiger partial charge in [0.25, 0.3) is 0 Å². The number of nitrogens with zero attached hydrogens (tertiary/aromatic N) is 1. The van der Waals surface area contributed by atoms with Gasteiger partial charge in [0.15, 0.2) is 0 Å². The Morgan fingerprint density at radius 3 is 2.56 bits per heavy atom. The van der Waals surface area contributed by atoms with Gasteiger partial charge in [0, 0.05) is 13.5 Å². The van der Waals surface area contributed by atoms with Crippen molar-refractivity contribution in [2.75, 3.05) is 7.05 Å². The van der Waals surface area contributed by atoms with Gasteiger partial charge in [0.05, 0.1) is 5.25 Å². The van der Waals surface area contributed by atoms with Gasteiger partial charge in [-0.05, 0) is 0 Å². The minimum absolute atomic E-state index is 0.0918. The van der Waals surface area contributed by atoms with E-state index in [1.54, 1.807) is 7.05 Å². The number of likely N-dealkylation sites (tertiary alicyclic amines) is 1. The maximum absolute atomic E-state index is 10.8. The van der Waals surface area contributed by atoms with Crippen molar-refractivity contribution in [3.63, 3.8) is 0 Å². The molecule has 2 unspecified atom stereocenters. The quantitative estimate of drug-likeness (QED) is 0.452. The van der Waals surface area contributed by atoms with Crippen molar-refractivity contribution in [1.82, 2.24) is 4.90 Å². The van der Waals surface area contributed by atoms with Gasteiger partial charge in [-0.3, -0.25) is 4.79 Å². The van der Waals surface area contributed by atoms with Crippen molar-refractivity contribution in [1.29, 1.82) is 0 Å². The van der Waals surface area contributed by atoms with Gasteiger partial charge < -0.3 is 10.0 Å². The van der Waals surface area contributed by atoms with Gasteiger partial charge >= 0.3 is 0 Å². The molecule has 0 bridgehead atoms. The molecular weight excluding hydrogens is 138 g/mol. The number of carbonyl (C=O) groups excluding carboxylic acids is 1. The molecule has 1 saturated heterocycles. The smallest absolute Gasteiger partial charge is 0.237 e. The number of thiol groups is 1. The Bertz CT molecular complexity index is 139. The van der Waals surface area contributed by atoms with E-state index < -0.39 is 6.23 Å². The molecule has 1 amide bonds. The molecule has 52 valence electrons. The highest BCUT2D eigenvalue weighted by Crippen LogP contribution is 2.18. The molecule has 0 aromatic rings.